The summed E-state index contributed by atoms with van der Waals surface area (Å²) in [7, 11) is 0. The van der Waals surface area contributed by atoms with Crippen molar-refractivity contribution < 1.29 is 18.3 Å². The van der Waals surface area contributed by atoms with Crippen molar-refractivity contribution >= 4 is 17.5 Å². The Bertz CT molecular complexity index is 579. The number of ether oxygens (including phenoxy) is 1. The van der Waals surface area contributed by atoms with Gasteiger partial charge in [0.05, 0.1) is 11.4 Å². The Kier molecular flexibility index (Phi) is 4.97. The molecule has 0 unspecified atom stereocenters. The van der Waals surface area contributed by atoms with Crippen LogP contribution in [-0.2, 0) is 4.74 Å². The van der Waals surface area contributed by atoms with Crippen LogP contribution >= 0.6 is 0 Å². The van der Waals surface area contributed by atoms with Crippen LogP contribution < -0.4 is 11.1 Å². The van der Waals surface area contributed by atoms with Gasteiger partial charge in [0.25, 0.3) is 0 Å². The van der Waals surface area contributed by atoms with Gasteiger partial charge in [-0.25, -0.2) is 13.6 Å². The Morgan fingerprint density at radius 2 is 1.91 bits per heavy atom. The molecular formula is C16H23F2N3O2. The first-order chi connectivity index (χ1) is 10.7. The number of carbonyl (C=O) groups is 1. The number of benzene rings is 1. The highest BCUT2D eigenvalue weighted by molar-refractivity contribution is 5.69. The largest absolute Gasteiger partial charge is 0.444 e. The van der Waals surface area contributed by atoms with Crippen molar-refractivity contribution in [3.8, 4) is 0 Å². The normalized spacial score (nSPS) is 16.3. The maximum absolute atomic E-state index is 13.4. The maximum Gasteiger partial charge on any atom is 0.410 e. The van der Waals surface area contributed by atoms with Gasteiger partial charge in [0.15, 0.2) is 5.82 Å². The van der Waals surface area contributed by atoms with Gasteiger partial charge < -0.3 is 20.7 Å². The topological polar surface area (TPSA) is 67.6 Å². The molecule has 1 aliphatic heterocycles. The van der Waals surface area contributed by atoms with Crippen molar-refractivity contribution in [3.63, 3.8) is 0 Å². The zero-order valence-corrected chi connectivity index (χ0v) is 13.7. The van der Waals surface area contributed by atoms with E-state index in [4.69, 9.17) is 10.5 Å². The summed E-state index contributed by atoms with van der Waals surface area (Å²) in [5, 5.41) is 3.05. The number of nitrogen functional groups attached to an aromatic ring is 1. The second-order valence-electron chi connectivity index (χ2n) is 6.73. The van der Waals surface area contributed by atoms with Gasteiger partial charge in [-0.15, -0.1) is 0 Å². The second kappa shape index (κ2) is 6.60. The summed E-state index contributed by atoms with van der Waals surface area (Å²) in [5.41, 5.74) is 5.25. The van der Waals surface area contributed by atoms with E-state index in [0.29, 0.717) is 25.9 Å². The maximum atomic E-state index is 13.4. The van der Waals surface area contributed by atoms with E-state index in [2.05, 4.69) is 5.32 Å². The van der Waals surface area contributed by atoms with Gasteiger partial charge in [0.2, 0.25) is 0 Å². The SMILES string of the molecule is CC(C)(C)OC(=O)N1CCC(Nc2cc(F)cc(F)c2N)CC1. The molecule has 1 amide bonds. The van der Waals surface area contributed by atoms with Crippen LogP contribution in [0.25, 0.3) is 0 Å². The molecule has 5 nitrogen and oxygen atoms in total. The Balaban J connectivity index is 1.92. The zero-order valence-electron chi connectivity index (χ0n) is 13.7. The lowest BCUT2D eigenvalue weighted by atomic mass is 10.0. The summed E-state index contributed by atoms with van der Waals surface area (Å²) in [6, 6.07) is 1.93. The Morgan fingerprint density at radius 1 is 1.30 bits per heavy atom. The minimum absolute atomic E-state index is 0.00260. The molecule has 2 rings (SSSR count). The summed E-state index contributed by atoms with van der Waals surface area (Å²) >= 11 is 0. The molecule has 0 atom stereocenters. The first-order valence-corrected chi connectivity index (χ1v) is 7.64. The number of piperidine rings is 1. The van der Waals surface area contributed by atoms with E-state index >= 15 is 0 Å². The smallest absolute Gasteiger partial charge is 0.410 e. The van der Waals surface area contributed by atoms with E-state index in [0.717, 1.165) is 6.07 Å². The number of carbonyl (C=O) groups excluding carboxylic acids is 1. The van der Waals surface area contributed by atoms with Crippen molar-refractivity contribution in [3.05, 3.63) is 23.8 Å². The van der Waals surface area contributed by atoms with E-state index in [1.165, 1.54) is 6.07 Å². The van der Waals surface area contributed by atoms with Crippen LogP contribution in [0.3, 0.4) is 0 Å². The van der Waals surface area contributed by atoms with E-state index in [1.807, 2.05) is 20.8 Å². The highest BCUT2D eigenvalue weighted by Crippen LogP contribution is 2.26. The molecule has 0 spiro atoms. The molecule has 7 heteroatoms. The number of rotatable bonds is 2. The average Bonchev–Trinajstić information content (AvgIpc) is 2.43. The van der Waals surface area contributed by atoms with Crippen molar-refractivity contribution in [2.75, 3.05) is 24.1 Å². The molecule has 1 aliphatic rings. The third-order valence-electron chi connectivity index (χ3n) is 3.60. The first kappa shape index (κ1) is 17.3. The van der Waals surface area contributed by atoms with Gasteiger partial charge in [-0.2, -0.15) is 0 Å². The molecular weight excluding hydrogens is 304 g/mol. The first-order valence-electron chi connectivity index (χ1n) is 7.64. The van der Waals surface area contributed by atoms with Crippen LogP contribution in [0, 0.1) is 11.6 Å². The summed E-state index contributed by atoms with van der Waals surface area (Å²) in [6.07, 6.45) is 0.959. The van der Waals surface area contributed by atoms with Crippen LogP contribution in [0.1, 0.15) is 33.6 Å². The van der Waals surface area contributed by atoms with Gasteiger partial charge in [0.1, 0.15) is 11.4 Å². The molecule has 1 heterocycles. The number of hydrogen-bond acceptors (Lipinski definition) is 4. The van der Waals surface area contributed by atoms with Crippen LogP contribution in [-0.4, -0.2) is 35.7 Å². The van der Waals surface area contributed by atoms with E-state index < -0.39 is 17.2 Å². The molecule has 0 saturated carbocycles. The summed E-state index contributed by atoms with van der Waals surface area (Å²) in [6.45, 7) is 6.50. The Labute approximate surface area is 134 Å². The molecule has 0 aromatic heterocycles. The van der Waals surface area contributed by atoms with Crippen molar-refractivity contribution in [1.82, 2.24) is 4.90 Å². The van der Waals surface area contributed by atoms with Gasteiger partial charge in [0, 0.05) is 25.2 Å². The van der Waals surface area contributed by atoms with E-state index in [1.54, 1.807) is 4.90 Å². The molecule has 128 valence electrons. The third kappa shape index (κ3) is 4.71. The Hall–Kier alpha value is -2.05. The van der Waals surface area contributed by atoms with E-state index in [-0.39, 0.29) is 23.5 Å². The lowest BCUT2D eigenvalue weighted by Crippen LogP contribution is -2.44. The summed E-state index contributed by atoms with van der Waals surface area (Å²) in [5.74, 6) is -1.45. The van der Waals surface area contributed by atoms with Crippen molar-refractivity contribution in [2.24, 2.45) is 0 Å². The number of hydrogen-bond donors (Lipinski definition) is 2. The van der Waals surface area contributed by atoms with Gasteiger partial charge in [-0.3, -0.25) is 0 Å². The van der Waals surface area contributed by atoms with Crippen molar-refractivity contribution in [1.29, 1.82) is 0 Å². The number of anilines is 2. The van der Waals surface area contributed by atoms with E-state index in [9.17, 15) is 13.6 Å². The number of likely N-dealkylation sites (tertiary alicyclic amines) is 1. The lowest BCUT2D eigenvalue weighted by molar-refractivity contribution is 0.0210. The number of amides is 1. The van der Waals surface area contributed by atoms with Gasteiger partial charge >= 0.3 is 6.09 Å². The molecule has 1 fully saturated rings. The molecule has 1 aromatic rings. The monoisotopic (exact) mass is 327 g/mol. The average molecular weight is 327 g/mol. The highest BCUT2D eigenvalue weighted by Gasteiger charge is 2.27. The van der Waals surface area contributed by atoms with Crippen LogP contribution in [0.4, 0.5) is 25.0 Å². The number of nitrogens with two attached hydrogens (primary N) is 1. The minimum Gasteiger partial charge on any atom is -0.444 e. The number of nitrogens with zero attached hydrogens (tertiary/aromatic N) is 1. The molecule has 0 aliphatic carbocycles. The number of halogens is 2. The summed E-state index contributed by atoms with van der Waals surface area (Å²) in [4.78, 5) is 13.6. The fourth-order valence-corrected chi connectivity index (χ4v) is 2.46. The zero-order chi connectivity index (χ0) is 17.2. The van der Waals surface area contributed by atoms with Crippen LogP contribution in [0.15, 0.2) is 12.1 Å². The van der Waals surface area contributed by atoms with Crippen molar-refractivity contribution in [2.45, 2.75) is 45.3 Å². The minimum atomic E-state index is -0.779. The lowest BCUT2D eigenvalue weighted by Gasteiger charge is -2.34. The molecule has 0 radical (unpaired) electrons. The Morgan fingerprint density at radius 3 is 2.48 bits per heavy atom. The second-order valence-corrected chi connectivity index (χ2v) is 6.73. The molecule has 23 heavy (non-hydrogen) atoms. The molecule has 0 bridgehead atoms. The quantitative estimate of drug-likeness (QED) is 0.817. The standard InChI is InChI=1S/C16H23F2N3O2/c1-16(2,3)23-15(22)21-6-4-11(5-7-21)20-13-9-10(17)8-12(18)14(13)19/h8-9,11,20H,4-7,19H2,1-3H3. The fraction of sp³-hybridized carbons (Fsp3) is 0.562. The van der Waals surface area contributed by atoms with Gasteiger partial charge in [-0.1, -0.05) is 0 Å². The predicted octanol–water partition coefficient (Wildman–Crippen LogP) is 3.36. The van der Waals surface area contributed by atoms with Crippen LogP contribution in [0.5, 0.6) is 0 Å². The van der Waals surface area contributed by atoms with Gasteiger partial charge in [-0.05, 0) is 39.7 Å². The highest BCUT2D eigenvalue weighted by atomic mass is 19.1. The van der Waals surface area contributed by atoms with Crippen LogP contribution in [0.2, 0.25) is 0 Å². The molecule has 1 aromatic carbocycles. The summed E-state index contributed by atoms with van der Waals surface area (Å²) < 4.78 is 32.1. The molecule has 3 N–H and O–H groups in total. The molecule has 1 saturated heterocycles. The predicted molar refractivity (Wildman–Crippen MR) is 85.2 cm³/mol. The third-order valence-corrected chi connectivity index (χ3v) is 3.60. The number of nitrogens with one attached hydrogen (secondary N) is 1. The fourth-order valence-electron chi connectivity index (χ4n) is 2.46.